The first kappa shape index (κ1) is 23.8. The number of carboxylic acids is 1. The van der Waals surface area contributed by atoms with Crippen LogP contribution < -0.4 is 9.47 Å². The summed E-state index contributed by atoms with van der Waals surface area (Å²) in [6.45, 7) is 2.01. The number of hydrogen-bond acceptors (Lipinski definition) is 4. The Balaban J connectivity index is 1.13. The summed E-state index contributed by atoms with van der Waals surface area (Å²) in [5.74, 6) is 0.486. The van der Waals surface area contributed by atoms with Gasteiger partial charge in [-0.3, -0.25) is 9.59 Å². The van der Waals surface area contributed by atoms with Crippen molar-refractivity contribution in [3.63, 3.8) is 0 Å². The van der Waals surface area contributed by atoms with Crippen LogP contribution in [0.5, 0.6) is 11.5 Å². The van der Waals surface area contributed by atoms with Crippen LogP contribution in [0.4, 0.5) is 0 Å². The molecule has 1 amide bonds. The summed E-state index contributed by atoms with van der Waals surface area (Å²) in [6.07, 6.45) is 0.0596. The van der Waals surface area contributed by atoms with Crippen molar-refractivity contribution in [2.24, 2.45) is 0 Å². The van der Waals surface area contributed by atoms with E-state index in [1.165, 1.54) is 11.1 Å². The molecule has 190 valence electrons. The molecule has 38 heavy (non-hydrogen) atoms. The van der Waals surface area contributed by atoms with Crippen molar-refractivity contribution in [1.29, 1.82) is 0 Å². The molecule has 0 radical (unpaired) electrons. The summed E-state index contributed by atoms with van der Waals surface area (Å²) >= 11 is 0. The van der Waals surface area contributed by atoms with Gasteiger partial charge < -0.3 is 19.5 Å². The van der Waals surface area contributed by atoms with Gasteiger partial charge in [0.05, 0.1) is 13.0 Å². The largest absolute Gasteiger partial charge is 0.492 e. The molecular weight excluding hydrogens is 478 g/mol. The third-order valence-electron chi connectivity index (χ3n) is 7.19. The van der Waals surface area contributed by atoms with Gasteiger partial charge in [0.2, 0.25) is 0 Å². The van der Waals surface area contributed by atoms with Gasteiger partial charge in [-0.25, -0.2) is 0 Å². The van der Waals surface area contributed by atoms with Crippen LogP contribution in [0, 0.1) is 0 Å². The average molecular weight is 506 g/mol. The Morgan fingerprint density at radius 1 is 0.868 bits per heavy atom. The minimum absolute atomic E-state index is 0.0526. The molecule has 6 rings (SSSR count). The van der Waals surface area contributed by atoms with E-state index in [2.05, 4.69) is 30.3 Å². The lowest BCUT2D eigenvalue weighted by atomic mass is 9.98. The maximum atomic E-state index is 12.9. The van der Waals surface area contributed by atoms with E-state index in [1.54, 1.807) is 0 Å². The molecule has 1 atom stereocenters. The van der Waals surface area contributed by atoms with Crippen LogP contribution in [-0.4, -0.2) is 28.5 Å². The quantitative estimate of drug-likeness (QED) is 0.331. The molecule has 0 aliphatic carbocycles. The van der Waals surface area contributed by atoms with Crippen molar-refractivity contribution in [2.45, 2.75) is 32.0 Å². The summed E-state index contributed by atoms with van der Waals surface area (Å²) in [5.41, 5.74) is 7.22. The van der Waals surface area contributed by atoms with Crippen molar-refractivity contribution >= 4 is 11.9 Å². The van der Waals surface area contributed by atoms with Crippen molar-refractivity contribution in [1.82, 2.24) is 4.90 Å². The zero-order chi connectivity index (χ0) is 26.1. The normalized spacial score (nSPS) is 15.5. The van der Waals surface area contributed by atoms with E-state index in [9.17, 15) is 9.59 Å². The molecule has 0 unspecified atom stereocenters. The van der Waals surface area contributed by atoms with Crippen LogP contribution in [0.3, 0.4) is 0 Å². The van der Waals surface area contributed by atoms with Gasteiger partial charge in [-0.1, -0.05) is 54.6 Å². The van der Waals surface area contributed by atoms with Crippen LogP contribution >= 0.6 is 0 Å². The van der Waals surface area contributed by atoms with E-state index in [1.807, 2.05) is 65.6 Å². The SMILES string of the molecule is O=C(O)C[C@@H]1COc2cc(OCc3cccc(-c4ccc5c(c4)CN(C(=O)c4ccccc4)C5)c3)ccc21. The van der Waals surface area contributed by atoms with Gasteiger partial charge in [-0.15, -0.1) is 0 Å². The lowest BCUT2D eigenvalue weighted by Crippen LogP contribution is -2.25. The van der Waals surface area contributed by atoms with Crippen LogP contribution in [-0.2, 0) is 24.5 Å². The topological polar surface area (TPSA) is 76.1 Å². The molecule has 4 aromatic carbocycles. The fourth-order valence-electron chi connectivity index (χ4n) is 5.21. The molecule has 2 heterocycles. The average Bonchev–Trinajstić information content (AvgIpc) is 3.55. The highest BCUT2D eigenvalue weighted by Gasteiger charge is 2.27. The molecule has 4 aromatic rings. The highest BCUT2D eigenvalue weighted by Crippen LogP contribution is 2.38. The standard InChI is InChI=1S/C32H27NO5/c34-31(35)15-27-20-38-30-16-28(11-12-29(27)30)37-19-21-5-4-8-23(13-21)24-9-10-25-17-33(18-26(25)14-24)32(36)22-6-2-1-3-7-22/h1-14,16,27H,15,17-20H2,(H,34,35)/t27-/m1/s1. The number of carboxylic acid groups (broad SMARTS) is 1. The first-order chi connectivity index (χ1) is 18.5. The van der Waals surface area contributed by atoms with Crippen molar-refractivity contribution in [2.75, 3.05) is 6.61 Å². The van der Waals surface area contributed by atoms with Crippen LogP contribution in [0.25, 0.3) is 11.1 Å². The summed E-state index contributed by atoms with van der Waals surface area (Å²) in [6, 6.07) is 29.7. The molecular formula is C32H27NO5. The number of carbonyl (C=O) groups is 2. The molecule has 0 saturated heterocycles. The van der Waals surface area contributed by atoms with Crippen molar-refractivity contribution in [3.8, 4) is 22.6 Å². The molecule has 2 aliphatic heterocycles. The minimum Gasteiger partial charge on any atom is -0.492 e. The first-order valence-corrected chi connectivity index (χ1v) is 12.7. The fourth-order valence-corrected chi connectivity index (χ4v) is 5.21. The number of fused-ring (bicyclic) bond motifs is 2. The molecule has 6 heteroatoms. The number of rotatable bonds is 7. The Morgan fingerprint density at radius 3 is 2.53 bits per heavy atom. The van der Waals surface area contributed by atoms with E-state index in [4.69, 9.17) is 14.6 Å². The molecule has 0 fully saturated rings. The zero-order valence-electron chi connectivity index (χ0n) is 20.8. The smallest absolute Gasteiger partial charge is 0.304 e. The number of nitrogens with zero attached hydrogens (tertiary/aromatic N) is 1. The van der Waals surface area contributed by atoms with E-state index < -0.39 is 5.97 Å². The van der Waals surface area contributed by atoms with Crippen LogP contribution in [0.15, 0.2) is 91.0 Å². The molecule has 0 saturated carbocycles. The van der Waals surface area contributed by atoms with Crippen LogP contribution in [0.1, 0.15) is 45.0 Å². The second-order valence-corrected chi connectivity index (χ2v) is 9.81. The Labute approximate surface area is 221 Å². The maximum Gasteiger partial charge on any atom is 0.304 e. The third kappa shape index (κ3) is 4.85. The summed E-state index contributed by atoms with van der Waals surface area (Å²) in [4.78, 5) is 25.9. The summed E-state index contributed by atoms with van der Waals surface area (Å²) < 4.78 is 11.7. The molecule has 0 bridgehead atoms. The predicted octanol–water partition coefficient (Wildman–Crippen LogP) is 6.04. The lowest BCUT2D eigenvalue weighted by Gasteiger charge is -2.15. The molecule has 6 nitrogen and oxygen atoms in total. The van der Waals surface area contributed by atoms with Crippen molar-refractivity contribution in [3.05, 3.63) is 119 Å². The van der Waals surface area contributed by atoms with Crippen molar-refractivity contribution < 1.29 is 24.2 Å². The molecule has 0 spiro atoms. The fraction of sp³-hybridized carbons (Fsp3) is 0.188. The number of carbonyl (C=O) groups excluding carboxylic acids is 1. The number of ether oxygens (including phenoxy) is 2. The van der Waals surface area contributed by atoms with Gasteiger partial charge in [-0.05, 0) is 58.1 Å². The monoisotopic (exact) mass is 505 g/mol. The maximum absolute atomic E-state index is 12.9. The highest BCUT2D eigenvalue weighted by molar-refractivity contribution is 5.94. The minimum atomic E-state index is -0.826. The Morgan fingerprint density at radius 2 is 1.68 bits per heavy atom. The third-order valence-corrected chi connectivity index (χ3v) is 7.19. The van der Waals surface area contributed by atoms with Gasteiger partial charge >= 0.3 is 5.97 Å². The Bertz CT molecular complexity index is 1510. The highest BCUT2D eigenvalue weighted by atomic mass is 16.5. The van der Waals surface area contributed by atoms with E-state index in [-0.39, 0.29) is 18.2 Å². The van der Waals surface area contributed by atoms with Gasteiger partial charge in [0.15, 0.2) is 0 Å². The lowest BCUT2D eigenvalue weighted by molar-refractivity contribution is -0.137. The second-order valence-electron chi connectivity index (χ2n) is 9.81. The van der Waals surface area contributed by atoms with Gasteiger partial charge in [0.25, 0.3) is 5.91 Å². The number of aliphatic carboxylic acids is 1. The van der Waals surface area contributed by atoms with Crippen LogP contribution in [0.2, 0.25) is 0 Å². The Hall–Kier alpha value is -4.58. The zero-order valence-corrected chi connectivity index (χ0v) is 20.8. The molecule has 2 aliphatic rings. The summed E-state index contributed by atoms with van der Waals surface area (Å²) in [7, 11) is 0. The summed E-state index contributed by atoms with van der Waals surface area (Å²) in [5, 5.41) is 9.10. The molecule has 0 aromatic heterocycles. The van der Waals surface area contributed by atoms with Gasteiger partial charge in [0.1, 0.15) is 18.1 Å². The molecule has 1 N–H and O–H groups in total. The first-order valence-electron chi connectivity index (χ1n) is 12.7. The van der Waals surface area contributed by atoms with Gasteiger partial charge in [-0.2, -0.15) is 0 Å². The second kappa shape index (κ2) is 10.1. The predicted molar refractivity (Wildman–Crippen MR) is 143 cm³/mol. The van der Waals surface area contributed by atoms with E-state index in [0.717, 1.165) is 22.3 Å². The van der Waals surface area contributed by atoms with Gasteiger partial charge in [0, 0.05) is 36.2 Å². The number of amides is 1. The van der Waals surface area contributed by atoms with E-state index in [0.29, 0.717) is 43.4 Å². The van der Waals surface area contributed by atoms with E-state index >= 15 is 0 Å². The Kier molecular flexibility index (Phi) is 6.30. The number of benzene rings is 4. The number of hydrogen-bond donors (Lipinski definition) is 1.